The molecule has 0 bridgehead atoms. The first-order valence-corrected chi connectivity index (χ1v) is 17.1. The van der Waals surface area contributed by atoms with Crippen molar-refractivity contribution >= 4 is 29.2 Å². The number of rotatable bonds is 4. The van der Waals surface area contributed by atoms with Crippen molar-refractivity contribution in [3.05, 3.63) is 75.3 Å². The zero-order chi connectivity index (χ0) is 28.5. The van der Waals surface area contributed by atoms with E-state index in [0.29, 0.717) is 0 Å². The largest absolute Gasteiger partial charge is 1.00 e. The summed E-state index contributed by atoms with van der Waals surface area (Å²) in [7, 11) is -0.186. The molecule has 0 heterocycles. The van der Waals surface area contributed by atoms with E-state index in [1.807, 2.05) is 7.11 Å². The molecule has 4 aromatic rings. The van der Waals surface area contributed by atoms with Gasteiger partial charge in [-0.1, -0.05) is 124 Å². The monoisotopic (exact) mass is 538 g/mol. The number of methoxy groups -OCH3 is 1. The van der Waals surface area contributed by atoms with Gasteiger partial charge in [0.1, 0.15) is 0 Å². The zero-order valence-corrected chi connectivity index (χ0v) is 29.4. The molecule has 0 aliphatic carbocycles. The SMILES string of the molecule is COc1c(C(C)(C)C)c[c-]2c([Si](C)(C)c3c(C)c(C)c(C)[c-]3C)c(C)cc2c1-c1ccc(C(C)(C)C)cc1.[Li+].[Li+]. The van der Waals surface area contributed by atoms with Crippen LogP contribution in [0.5, 0.6) is 5.75 Å². The molecule has 0 saturated heterocycles. The van der Waals surface area contributed by atoms with Gasteiger partial charge in [-0.2, -0.15) is 27.4 Å². The Bertz CT molecular complexity index is 1490. The Balaban J connectivity index is 0.00000280. The van der Waals surface area contributed by atoms with Gasteiger partial charge >= 0.3 is 37.7 Å². The van der Waals surface area contributed by atoms with Crippen LogP contribution in [-0.2, 0) is 10.8 Å². The number of ether oxygens (including phenoxy) is 1. The van der Waals surface area contributed by atoms with Crippen LogP contribution in [0.25, 0.3) is 21.9 Å². The Morgan fingerprint density at radius 1 is 0.775 bits per heavy atom. The molecule has 4 rings (SSSR count). The van der Waals surface area contributed by atoms with Crippen LogP contribution < -0.4 is 52.8 Å². The molecule has 4 aromatic carbocycles. The standard InChI is InChI=1S/C36H48OSi.2Li/c1-21-19-28-29(33(21)38(13,14)34-24(4)22(2)23(3)25(34)5)20-30(36(9,10)11)32(37-12)31(28)26-15-17-27(18-16-26)35(6,7)8;;/h15-20H,1-14H3;;/q-2;2*+1. The molecule has 0 spiro atoms. The summed E-state index contributed by atoms with van der Waals surface area (Å²) in [5.74, 6) is 1.01. The molecule has 0 saturated carbocycles. The predicted molar refractivity (Wildman–Crippen MR) is 171 cm³/mol. The van der Waals surface area contributed by atoms with Crippen molar-refractivity contribution < 1.29 is 42.5 Å². The topological polar surface area (TPSA) is 9.23 Å². The molecule has 0 aliphatic heterocycles. The van der Waals surface area contributed by atoms with E-state index in [9.17, 15) is 0 Å². The third-order valence-electron chi connectivity index (χ3n) is 9.08. The summed E-state index contributed by atoms with van der Waals surface area (Å²) in [6.45, 7) is 30.5. The van der Waals surface area contributed by atoms with Crippen LogP contribution in [0.4, 0.5) is 0 Å². The number of aryl methyl sites for hydroxylation is 1. The van der Waals surface area contributed by atoms with Crippen molar-refractivity contribution in [3.63, 3.8) is 0 Å². The fourth-order valence-electron chi connectivity index (χ4n) is 6.84. The van der Waals surface area contributed by atoms with Gasteiger partial charge in [-0.25, -0.2) is 0 Å². The van der Waals surface area contributed by atoms with Crippen LogP contribution in [0, 0.1) is 34.6 Å². The summed E-state index contributed by atoms with van der Waals surface area (Å²) in [6, 6.07) is 14.1. The van der Waals surface area contributed by atoms with Gasteiger partial charge in [0, 0.05) is 0 Å². The third kappa shape index (κ3) is 5.66. The second kappa shape index (κ2) is 11.7. The van der Waals surface area contributed by atoms with E-state index in [2.05, 4.69) is 126 Å². The fourth-order valence-corrected chi connectivity index (χ4v) is 11.3. The summed E-state index contributed by atoms with van der Waals surface area (Å²) in [4.78, 5) is 0. The minimum absolute atomic E-state index is 0. The van der Waals surface area contributed by atoms with Crippen LogP contribution in [0.1, 0.15) is 80.5 Å². The zero-order valence-electron chi connectivity index (χ0n) is 28.4. The van der Waals surface area contributed by atoms with Crippen molar-refractivity contribution in [2.24, 2.45) is 0 Å². The van der Waals surface area contributed by atoms with Gasteiger partial charge in [-0.05, 0) is 27.5 Å². The molecule has 0 aromatic heterocycles. The van der Waals surface area contributed by atoms with Gasteiger partial charge < -0.3 is 4.74 Å². The summed E-state index contributed by atoms with van der Waals surface area (Å²) < 4.78 is 6.25. The van der Waals surface area contributed by atoms with Gasteiger partial charge in [-0.3, -0.25) is 0 Å². The maximum Gasteiger partial charge on any atom is 1.00 e. The van der Waals surface area contributed by atoms with Gasteiger partial charge in [0.05, 0.1) is 20.9 Å². The molecule has 204 valence electrons. The molecule has 0 atom stereocenters. The van der Waals surface area contributed by atoms with Gasteiger partial charge in [0.25, 0.3) is 0 Å². The fraction of sp³-hybridized carbons (Fsp3) is 0.444. The number of benzene rings is 2. The van der Waals surface area contributed by atoms with E-state index >= 15 is 0 Å². The molecule has 0 unspecified atom stereocenters. The summed E-state index contributed by atoms with van der Waals surface area (Å²) >= 11 is 0. The molecule has 4 heteroatoms. The van der Waals surface area contributed by atoms with E-state index < -0.39 is 8.07 Å². The van der Waals surface area contributed by atoms with E-state index in [-0.39, 0.29) is 48.6 Å². The van der Waals surface area contributed by atoms with E-state index in [0.717, 1.165) is 5.75 Å². The van der Waals surface area contributed by atoms with E-state index in [1.54, 1.807) is 10.4 Å². The Kier molecular flexibility index (Phi) is 10.2. The summed E-state index contributed by atoms with van der Waals surface area (Å²) in [5.41, 5.74) is 12.5. The normalized spacial score (nSPS) is 12.3. The quantitative estimate of drug-likeness (QED) is 0.287. The van der Waals surface area contributed by atoms with Crippen LogP contribution in [0.15, 0.2) is 36.4 Å². The average Bonchev–Trinajstić information content (AvgIpc) is 3.25. The van der Waals surface area contributed by atoms with Crippen molar-refractivity contribution in [3.8, 4) is 16.9 Å². The number of hydrogen-bond donors (Lipinski definition) is 0. The van der Waals surface area contributed by atoms with Gasteiger partial charge in [0.2, 0.25) is 0 Å². The van der Waals surface area contributed by atoms with Crippen molar-refractivity contribution in [2.45, 2.75) is 100 Å². The molecular formula is C36H48Li2OSi. The minimum atomic E-state index is -2.02. The summed E-state index contributed by atoms with van der Waals surface area (Å²) in [6.07, 6.45) is 0. The first kappa shape index (κ1) is 34.8. The second-order valence-electron chi connectivity index (χ2n) is 14.1. The molecule has 0 aliphatic rings. The number of fused-ring (bicyclic) bond motifs is 1. The maximum absolute atomic E-state index is 6.25. The minimum Gasteiger partial charge on any atom is -0.511 e. The van der Waals surface area contributed by atoms with Gasteiger partial charge in [0.15, 0.2) is 0 Å². The smallest absolute Gasteiger partial charge is 0.511 e. The number of hydrogen-bond acceptors (Lipinski definition) is 1. The molecule has 1 nitrogen and oxygen atoms in total. The predicted octanol–water partition coefficient (Wildman–Crippen LogP) is 2.92. The van der Waals surface area contributed by atoms with Crippen molar-refractivity contribution in [2.75, 3.05) is 7.11 Å². The molecule has 40 heavy (non-hydrogen) atoms. The van der Waals surface area contributed by atoms with Crippen molar-refractivity contribution in [1.82, 2.24) is 0 Å². The first-order chi connectivity index (χ1) is 17.4. The van der Waals surface area contributed by atoms with E-state index in [4.69, 9.17) is 4.74 Å². The van der Waals surface area contributed by atoms with Crippen LogP contribution in [0.2, 0.25) is 13.1 Å². The Morgan fingerprint density at radius 2 is 1.32 bits per heavy atom. The molecule has 0 amide bonds. The van der Waals surface area contributed by atoms with Gasteiger partial charge in [-0.15, -0.1) is 28.3 Å². The molecule has 0 radical (unpaired) electrons. The second-order valence-corrected chi connectivity index (χ2v) is 18.3. The Morgan fingerprint density at radius 3 is 1.75 bits per heavy atom. The van der Waals surface area contributed by atoms with Crippen LogP contribution in [-0.4, -0.2) is 15.2 Å². The van der Waals surface area contributed by atoms with E-state index in [1.165, 1.54) is 60.8 Å². The van der Waals surface area contributed by atoms with Crippen molar-refractivity contribution in [1.29, 1.82) is 0 Å². The molecule has 0 N–H and O–H groups in total. The molecular weight excluding hydrogens is 490 g/mol. The first-order valence-electron chi connectivity index (χ1n) is 14.1. The average molecular weight is 539 g/mol. The van der Waals surface area contributed by atoms with Crippen LogP contribution in [0.3, 0.4) is 0 Å². The molecule has 0 fully saturated rings. The summed E-state index contributed by atoms with van der Waals surface area (Å²) in [5, 5.41) is 5.92. The Labute approximate surface area is 269 Å². The van der Waals surface area contributed by atoms with Crippen LogP contribution >= 0.6 is 0 Å². The maximum atomic E-state index is 6.25. The Hall–Kier alpha value is -1.39. The third-order valence-corrected chi connectivity index (χ3v) is 13.0.